The number of nitrogens with zero attached hydrogens (tertiary/aromatic N) is 3. The predicted molar refractivity (Wildman–Crippen MR) is 138 cm³/mol. The Balaban J connectivity index is 1.48. The van der Waals surface area contributed by atoms with Gasteiger partial charge in [0.2, 0.25) is 5.91 Å². The first-order chi connectivity index (χ1) is 16.7. The Labute approximate surface area is 208 Å². The van der Waals surface area contributed by atoms with E-state index in [0.29, 0.717) is 11.7 Å². The van der Waals surface area contributed by atoms with Gasteiger partial charge in [-0.25, -0.2) is 0 Å². The molecule has 1 saturated heterocycles. The first-order valence-electron chi connectivity index (χ1n) is 11.1. The number of amides is 1. The fourth-order valence-corrected chi connectivity index (χ4v) is 5.16. The molecule has 0 bridgehead atoms. The zero-order valence-electron chi connectivity index (χ0n) is 19.1. The predicted octanol–water partition coefficient (Wildman–Crippen LogP) is 5.14. The molecule has 1 aromatic heterocycles. The van der Waals surface area contributed by atoms with Gasteiger partial charge in [0, 0.05) is 22.8 Å². The summed E-state index contributed by atoms with van der Waals surface area (Å²) in [5.74, 6) is 2.46. The summed E-state index contributed by atoms with van der Waals surface area (Å²) < 4.78 is 13.2. The number of methoxy groups -OCH3 is 1. The SMILES string of the molecule is C=CCSc1ccccc1NC(=O)CSc1nnc(-c2ccc(OC)cc2)n1CC1CCCO1. The van der Waals surface area contributed by atoms with E-state index in [-0.39, 0.29) is 17.8 Å². The number of anilines is 1. The van der Waals surface area contributed by atoms with Crippen LogP contribution in [0.3, 0.4) is 0 Å². The monoisotopic (exact) mass is 496 g/mol. The molecule has 1 fully saturated rings. The maximum Gasteiger partial charge on any atom is 0.234 e. The minimum Gasteiger partial charge on any atom is -0.497 e. The van der Waals surface area contributed by atoms with E-state index in [1.54, 1.807) is 18.9 Å². The summed E-state index contributed by atoms with van der Waals surface area (Å²) in [6.07, 6.45) is 4.03. The van der Waals surface area contributed by atoms with Gasteiger partial charge in [-0.3, -0.25) is 9.36 Å². The Bertz CT molecular complexity index is 1110. The van der Waals surface area contributed by atoms with Crippen LogP contribution in [0.1, 0.15) is 12.8 Å². The van der Waals surface area contributed by atoms with Gasteiger partial charge in [-0.2, -0.15) is 0 Å². The van der Waals surface area contributed by atoms with Crippen LogP contribution in [-0.2, 0) is 16.1 Å². The lowest BCUT2D eigenvalue weighted by Crippen LogP contribution is -2.18. The van der Waals surface area contributed by atoms with Gasteiger partial charge >= 0.3 is 0 Å². The molecular weight excluding hydrogens is 468 g/mol. The molecule has 2 aromatic carbocycles. The Morgan fingerprint density at radius 3 is 2.79 bits per heavy atom. The molecule has 7 nitrogen and oxygen atoms in total. The number of carbonyl (C=O) groups excluding carboxylic acids is 1. The van der Waals surface area contributed by atoms with Gasteiger partial charge in [0.15, 0.2) is 11.0 Å². The Morgan fingerprint density at radius 1 is 1.24 bits per heavy atom. The van der Waals surface area contributed by atoms with Crippen molar-refractivity contribution in [3.8, 4) is 17.1 Å². The molecule has 1 aliphatic heterocycles. The highest BCUT2D eigenvalue weighted by molar-refractivity contribution is 8.00. The Kier molecular flexibility index (Phi) is 8.67. The topological polar surface area (TPSA) is 78.3 Å². The zero-order chi connectivity index (χ0) is 23.8. The van der Waals surface area contributed by atoms with Crippen molar-refractivity contribution in [3.63, 3.8) is 0 Å². The lowest BCUT2D eigenvalue weighted by Gasteiger charge is -2.15. The van der Waals surface area contributed by atoms with Crippen LogP contribution >= 0.6 is 23.5 Å². The maximum atomic E-state index is 12.8. The van der Waals surface area contributed by atoms with E-state index < -0.39 is 0 Å². The van der Waals surface area contributed by atoms with Crippen LogP contribution in [0.15, 0.2) is 71.2 Å². The number of hydrogen-bond acceptors (Lipinski definition) is 7. The van der Waals surface area contributed by atoms with E-state index in [0.717, 1.165) is 52.9 Å². The Morgan fingerprint density at radius 2 is 2.06 bits per heavy atom. The van der Waals surface area contributed by atoms with Gasteiger partial charge in [0.1, 0.15) is 5.75 Å². The molecule has 0 saturated carbocycles. The van der Waals surface area contributed by atoms with Crippen LogP contribution in [0.2, 0.25) is 0 Å². The van der Waals surface area contributed by atoms with Crippen molar-refractivity contribution in [2.75, 3.05) is 30.5 Å². The molecule has 1 unspecified atom stereocenters. The normalized spacial score (nSPS) is 15.3. The molecule has 3 aromatic rings. The number of thioether (sulfide) groups is 2. The molecular formula is C25H28N4O3S2. The van der Waals surface area contributed by atoms with E-state index in [9.17, 15) is 4.79 Å². The lowest BCUT2D eigenvalue weighted by atomic mass is 10.2. The molecule has 1 atom stereocenters. The highest BCUT2D eigenvalue weighted by atomic mass is 32.2. The average molecular weight is 497 g/mol. The lowest BCUT2D eigenvalue weighted by molar-refractivity contribution is -0.113. The van der Waals surface area contributed by atoms with Crippen molar-refractivity contribution in [3.05, 3.63) is 61.2 Å². The molecule has 9 heteroatoms. The summed E-state index contributed by atoms with van der Waals surface area (Å²) in [4.78, 5) is 13.8. The number of para-hydroxylation sites is 1. The minimum absolute atomic E-state index is 0.0886. The van der Waals surface area contributed by atoms with Crippen LogP contribution in [0.5, 0.6) is 5.75 Å². The molecule has 178 valence electrons. The highest BCUT2D eigenvalue weighted by Gasteiger charge is 2.22. The van der Waals surface area contributed by atoms with Crippen molar-refractivity contribution >= 4 is 35.1 Å². The molecule has 34 heavy (non-hydrogen) atoms. The number of rotatable bonds is 11. The van der Waals surface area contributed by atoms with Crippen molar-refractivity contribution in [1.82, 2.24) is 14.8 Å². The van der Waals surface area contributed by atoms with Crippen molar-refractivity contribution < 1.29 is 14.3 Å². The van der Waals surface area contributed by atoms with Crippen LogP contribution in [-0.4, -0.2) is 52.0 Å². The first-order valence-corrected chi connectivity index (χ1v) is 13.1. The standard InChI is InChI=1S/C25H28N4O3S2/c1-3-15-33-22-9-5-4-8-21(22)26-23(30)17-34-25-28-27-24(18-10-12-19(31-2)13-11-18)29(25)16-20-7-6-14-32-20/h3-5,8-13,20H,1,6-7,14-17H2,2H3,(H,26,30). The highest BCUT2D eigenvalue weighted by Crippen LogP contribution is 2.29. The molecule has 4 rings (SSSR count). The second-order valence-corrected chi connectivity index (χ2v) is 9.72. The van der Waals surface area contributed by atoms with Gasteiger partial charge in [0.05, 0.1) is 31.2 Å². The second-order valence-electron chi connectivity index (χ2n) is 7.71. The summed E-state index contributed by atoms with van der Waals surface area (Å²) >= 11 is 3.02. The van der Waals surface area contributed by atoms with Gasteiger partial charge in [-0.1, -0.05) is 30.0 Å². The van der Waals surface area contributed by atoms with E-state index in [2.05, 4.69) is 26.7 Å². The van der Waals surface area contributed by atoms with Gasteiger partial charge in [0.25, 0.3) is 0 Å². The zero-order valence-corrected chi connectivity index (χ0v) is 20.7. The van der Waals surface area contributed by atoms with E-state index in [1.165, 1.54) is 11.8 Å². The molecule has 0 spiro atoms. The van der Waals surface area contributed by atoms with Crippen molar-refractivity contribution in [1.29, 1.82) is 0 Å². The van der Waals surface area contributed by atoms with Crippen LogP contribution in [0.25, 0.3) is 11.4 Å². The number of aromatic nitrogens is 3. The largest absolute Gasteiger partial charge is 0.497 e. The number of hydrogen-bond donors (Lipinski definition) is 1. The summed E-state index contributed by atoms with van der Waals surface area (Å²) in [5.41, 5.74) is 1.75. The molecule has 1 aliphatic rings. The average Bonchev–Trinajstić information content (AvgIpc) is 3.53. The summed E-state index contributed by atoms with van der Waals surface area (Å²) in [5, 5.41) is 12.6. The molecule has 1 N–H and O–H groups in total. The third-order valence-corrected chi connectivity index (χ3v) is 7.36. The molecule has 1 amide bonds. The summed E-state index contributed by atoms with van der Waals surface area (Å²) in [6, 6.07) is 15.5. The van der Waals surface area contributed by atoms with Gasteiger partial charge in [-0.15, -0.1) is 28.5 Å². The molecule has 0 radical (unpaired) electrons. The van der Waals surface area contributed by atoms with E-state index in [1.807, 2.05) is 54.6 Å². The van der Waals surface area contributed by atoms with Crippen molar-refractivity contribution in [2.45, 2.75) is 35.5 Å². The van der Waals surface area contributed by atoms with Crippen LogP contribution in [0, 0.1) is 0 Å². The molecule has 2 heterocycles. The smallest absolute Gasteiger partial charge is 0.234 e. The first kappa shape index (κ1) is 24.4. The van der Waals surface area contributed by atoms with E-state index >= 15 is 0 Å². The quantitative estimate of drug-likeness (QED) is 0.291. The number of ether oxygens (including phenoxy) is 2. The second kappa shape index (κ2) is 12.1. The summed E-state index contributed by atoms with van der Waals surface area (Å²) in [6.45, 7) is 5.19. The Hall–Kier alpha value is -2.75. The van der Waals surface area contributed by atoms with Crippen LogP contribution < -0.4 is 10.1 Å². The fourth-order valence-electron chi connectivity index (χ4n) is 3.67. The number of carbonyl (C=O) groups is 1. The third kappa shape index (κ3) is 6.22. The summed E-state index contributed by atoms with van der Waals surface area (Å²) in [7, 11) is 1.64. The van der Waals surface area contributed by atoms with E-state index in [4.69, 9.17) is 9.47 Å². The molecule has 0 aliphatic carbocycles. The number of benzene rings is 2. The van der Waals surface area contributed by atoms with Gasteiger partial charge < -0.3 is 14.8 Å². The minimum atomic E-state index is -0.0886. The number of nitrogens with one attached hydrogen (secondary N) is 1. The third-order valence-electron chi connectivity index (χ3n) is 5.33. The fraction of sp³-hybridized carbons (Fsp3) is 0.320. The van der Waals surface area contributed by atoms with Gasteiger partial charge in [-0.05, 0) is 49.2 Å². The maximum absolute atomic E-state index is 12.8. The van der Waals surface area contributed by atoms with Crippen molar-refractivity contribution in [2.24, 2.45) is 0 Å². The van der Waals surface area contributed by atoms with Crippen LogP contribution in [0.4, 0.5) is 5.69 Å².